The van der Waals surface area contributed by atoms with Crippen LogP contribution in [0.15, 0.2) is 29.5 Å². The summed E-state index contributed by atoms with van der Waals surface area (Å²) in [4.78, 5) is 13.0. The molecule has 2 aromatic heterocycles. The Morgan fingerprint density at radius 3 is 2.33 bits per heavy atom. The summed E-state index contributed by atoms with van der Waals surface area (Å²) in [6.45, 7) is 18.5. The maximum Gasteiger partial charge on any atom is 0.418 e. The predicted molar refractivity (Wildman–Crippen MR) is 107 cm³/mol. The Kier molecular flexibility index (Phi) is 4.98. The van der Waals surface area contributed by atoms with Crippen LogP contribution in [-0.4, -0.2) is 24.3 Å². The van der Waals surface area contributed by atoms with Crippen LogP contribution in [0.3, 0.4) is 0 Å². The van der Waals surface area contributed by atoms with E-state index in [-0.39, 0.29) is 6.09 Å². The topological polar surface area (TPSA) is 31.2 Å². The van der Waals surface area contributed by atoms with Gasteiger partial charge in [0.15, 0.2) is 0 Å². The summed E-state index contributed by atoms with van der Waals surface area (Å²) in [7, 11) is -1.81. The van der Waals surface area contributed by atoms with Gasteiger partial charge in [-0.1, -0.05) is 26.2 Å². The van der Waals surface area contributed by atoms with Crippen molar-refractivity contribution in [2.24, 2.45) is 0 Å². The van der Waals surface area contributed by atoms with Gasteiger partial charge in [0.05, 0.1) is 5.69 Å². The van der Waals surface area contributed by atoms with E-state index in [1.54, 1.807) is 15.9 Å². The molecule has 0 saturated carbocycles. The first-order chi connectivity index (χ1) is 10.9. The first-order valence-electron chi connectivity index (χ1n) is 8.10. The van der Waals surface area contributed by atoms with Gasteiger partial charge in [-0.15, -0.1) is 0 Å². The smallest absolute Gasteiger partial charge is 0.418 e. The number of hydrogen-bond acceptors (Lipinski definition) is 3. The zero-order valence-electron chi connectivity index (χ0n) is 15.7. The van der Waals surface area contributed by atoms with E-state index in [9.17, 15) is 4.79 Å². The fraction of sp³-hybridized carbons (Fsp3) is 0.421. The molecule has 0 aliphatic heterocycles. The Bertz CT molecular complexity index is 759. The Morgan fingerprint density at radius 2 is 1.92 bits per heavy atom. The highest BCUT2D eigenvalue weighted by atomic mass is 32.1. The van der Waals surface area contributed by atoms with Crippen LogP contribution < -0.4 is 5.32 Å². The van der Waals surface area contributed by atoms with E-state index in [1.165, 1.54) is 0 Å². The molecule has 0 N–H and O–H groups in total. The first kappa shape index (κ1) is 18.7. The summed E-state index contributed by atoms with van der Waals surface area (Å²) in [5.74, 6) is 0. The van der Waals surface area contributed by atoms with Crippen molar-refractivity contribution in [3.63, 3.8) is 0 Å². The van der Waals surface area contributed by atoms with Gasteiger partial charge in [-0.2, -0.15) is 11.3 Å². The van der Waals surface area contributed by atoms with Crippen molar-refractivity contribution in [3.8, 4) is 11.3 Å². The molecular weight excluding hydrogens is 334 g/mol. The zero-order valence-corrected chi connectivity index (χ0v) is 17.5. The summed E-state index contributed by atoms with van der Waals surface area (Å²) in [6, 6.07) is 4.12. The Hall–Kier alpha value is -1.59. The van der Waals surface area contributed by atoms with Crippen molar-refractivity contribution in [1.29, 1.82) is 0 Å². The molecule has 0 amide bonds. The van der Waals surface area contributed by atoms with E-state index in [4.69, 9.17) is 4.74 Å². The second-order valence-corrected chi connectivity index (χ2v) is 13.9. The van der Waals surface area contributed by atoms with Crippen LogP contribution in [0.2, 0.25) is 19.6 Å². The number of carbonyl (C=O) groups excluding carboxylic acids is 1. The molecule has 0 aromatic carbocycles. The lowest BCUT2D eigenvalue weighted by Crippen LogP contribution is -2.47. The molecule has 3 nitrogen and oxygen atoms in total. The number of rotatable bonds is 3. The molecule has 0 atom stereocenters. The van der Waals surface area contributed by atoms with Gasteiger partial charge >= 0.3 is 6.09 Å². The normalized spacial score (nSPS) is 12.3. The predicted octanol–water partition coefficient (Wildman–Crippen LogP) is 5.58. The largest absolute Gasteiger partial charge is 0.443 e. The molecule has 0 aliphatic rings. The van der Waals surface area contributed by atoms with E-state index < -0.39 is 13.7 Å². The van der Waals surface area contributed by atoms with Gasteiger partial charge in [-0.3, -0.25) is 4.57 Å². The number of thiophene rings is 1. The minimum Gasteiger partial charge on any atom is -0.443 e. The molecule has 0 spiro atoms. The van der Waals surface area contributed by atoms with E-state index in [0.717, 1.165) is 27.7 Å². The molecular formula is C19H27NO2SSi. The Labute approximate surface area is 150 Å². The lowest BCUT2D eigenvalue weighted by molar-refractivity contribution is 0.0544. The van der Waals surface area contributed by atoms with Crippen molar-refractivity contribution >= 4 is 36.4 Å². The standard InChI is InChI=1S/C19H27NO2SSi/c1-13(2)15-11-16(14-9-10-23-12-14)20(17(15)24(6,7)8)18(21)22-19(3,4)5/h9-12H,1H2,2-8H3. The lowest BCUT2D eigenvalue weighted by Gasteiger charge is -2.25. The van der Waals surface area contributed by atoms with Crippen LogP contribution in [0.4, 0.5) is 4.79 Å². The van der Waals surface area contributed by atoms with Crippen LogP contribution in [0, 0.1) is 0 Å². The molecule has 5 heteroatoms. The van der Waals surface area contributed by atoms with Gasteiger partial charge < -0.3 is 4.74 Å². The van der Waals surface area contributed by atoms with Gasteiger partial charge in [-0.25, -0.2) is 4.79 Å². The fourth-order valence-corrected chi connectivity index (χ4v) is 5.32. The fourth-order valence-electron chi connectivity index (χ4n) is 2.70. The highest BCUT2D eigenvalue weighted by Gasteiger charge is 2.32. The van der Waals surface area contributed by atoms with Gasteiger partial charge in [0.2, 0.25) is 0 Å². The zero-order chi connectivity index (χ0) is 18.3. The highest BCUT2D eigenvalue weighted by molar-refractivity contribution is 7.08. The molecule has 24 heavy (non-hydrogen) atoms. The quantitative estimate of drug-likeness (QED) is 0.668. The summed E-state index contributed by atoms with van der Waals surface area (Å²) >= 11 is 1.62. The monoisotopic (exact) mass is 361 g/mol. The van der Waals surface area contributed by atoms with Crippen molar-refractivity contribution in [2.75, 3.05) is 0 Å². The second kappa shape index (κ2) is 6.37. The first-order valence-corrected chi connectivity index (χ1v) is 12.5. The average Bonchev–Trinajstić information content (AvgIpc) is 3.02. The Balaban J connectivity index is 2.77. The second-order valence-electron chi connectivity index (χ2n) is 8.15. The number of ether oxygens (including phenoxy) is 1. The van der Waals surface area contributed by atoms with E-state index in [0.29, 0.717) is 0 Å². The summed E-state index contributed by atoms with van der Waals surface area (Å²) in [5.41, 5.74) is 3.44. The van der Waals surface area contributed by atoms with Gasteiger partial charge in [0.1, 0.15) is 13.7 Å². The molecule has 0 unspecified atom stereocenters. The van der Waals surface area contributed by atoms with Gasteiger partial charge in [0.25, 0.3) is 0 Å². The number of allylic oxidation sites excluding steroid dienone is 1. The Morgan fingerprint density at radius 1 is 1.29 bits per heavy atom. The summed E-state index contributed by atoms with van der Waals surface area (Å²) < 4.78 is 7.49. The van der Waals surface area contributed by atoms with Crippen LogP contribution in [0.25, 0.3) is 16.8 Å². The summed E-state index contributed by atoms with van der Waals surface area (Å²) in [6.07, 6.45) is -0.311. The van der Waals surface area contributed by atoms with E-state index >= 15 is 0 Å². The number of aromatic nitrogens is 1. The average molecular weight is 362 g/mol. The molecule has 2 aromatic rings. The number of nitrogens with zero attached hydrogens (tertiary/aromatic N) is 1. The third-order valence-corrected chi connectivity index (χ3v) is 6.16. The molecule has 0 bridgehead atoms. The molecule has 0 fully saturated rings. The number of hydrogen-bond donors (Lipinski definition) is 0. The molecule has 0 aliphatic carbocycles. The molecule has 130 valence electrons. The highest BCUT2D eigenvalue weighted by Crippen LogP contribution is 2.29. The maximum absolute atomic E-state index is 13.0. The van der Waals surface area contributed by atoms with Gasteiger partial charge in [0, 0.05) is 16.3 Å². The van der Waals surface area contributed by atoms with Crippen LogP contribution >= 0.6 is 11.3 Å². The van der Waals surface area contributed by atoms with Crippen LogP contribution in [0.1, 0.15) is 33.3 Å². The van der Waals surface area contributed by atoms with Gasteiger partial charge in [-0.05, 0) is 56.3 Å². The van der Waals surface area contributed by atoms with Crippen molar-refractivity contribution < 1.29 is 9.53 Å². The van der Waals surface area contributed by atoms with Crippen LogP contribution in [0.5, 0.6) is 0 Å². The third-order valence-electron chi connectivity index (χ3n) is 3.56. The van der Waals surface area contributed by atoms with Crippen molar-refractivity contribution in [2.45, 2.75) is 52.9 Å². The van der Waals surface area contributed by atoms with Crippen molar-refractivity contribution in [1.82, 2.24) is 4.57 Å². The SMILES string of the molecule is C=C(C)c1cc(-c2ccsc2)n(C(=O)OC(C)(C)C)c1[Si](C)(C)C. The minimum absolute atomic E-state index is 0.311. The van der Waals surface area contributed by atoms with Crippen LogP contribution in [-0.2, 0) is 4.74 Å². The van der Waals surface area contributed by atoms with Crippen molar-refractivity contribution in [3.05, 3.63) is 35.0 Å². The number of carbonyl (C=O) groups is 1. The van der Waals surface area contributed by atoms with E-state index in [2.05, 4.69) is 37.7 Å². The molecule has 0 radical (unpaired) electrons. The molecule has 2 heterocycles. The maximum atomic E-state index is 13.0. The summed E-state index contributed by atoms with van der Waals surface area (Å²) in [5, 5.41) is 5.16. The molecule has 2 rings (SSSR count). The molecule has 0 saturated heterocycles. The third kappa shape index (κ3) is 3.90. The minimum atomic E-state index is -1.81. The lowest BCUT2D eigenvalue weighted by atomic mass is 10.1. The van der Waals surface area contributed by atoms with E-state index in [1.807, 2.05) is 39.1 Å².